The van der Waals surface area contributed by atoms with Gasteiger partial charge in [0, 0.05) is 57.9 Å². The predicted molar refractivity (Wildman–Crippen MR) is 98.9 cm³/mol. The first-order valence-corrected chi connectivity index (χ1v) is 10.6. The molecular formula is C17H26N4O4S. The van der Waals surface area contributed by atoms with Crippen LogP contribution in [0.5, 0.6) is 0 Å². The second-order valence-electron chi connectivity index (χ2n) is 6.92. The van der Waals surface area contributed by atoms with Gasteiger partial charge in [-0.3, -0.25) is 15.0 Å². The van der Waals surface area contributed by atoms with Gasteiger partial charge in [-0.2, -0.15) is 17.0 Å². The first-order valence-electron chi connectivity index (χ1n) is 9.18. The largest absolute Gasteiger partial charge is 0.296 e. The van der Waals surface area contributed by atoms with E-state index >= 15 is 0 Å². The number of nitrogens with zero attached hydrogens (tertiary/aromatic N) is 4. The lowest BCUT2D eigenvalue weighted by atomic mass is 10.2. The van der Waals surface area contributed by atoms with E-state index in [1.165, 1.54) is 12.1 Å². The van der Waals surface area contributed by atoms with Crippen molar-refractivity contribution < 1.29 is 13.3 Å². The minimum Gasteiger partial charge on any atom is -0.296 e. The molecule has 0 N–H and O–H groups in total. The van der Waals surface area contributed by atoms with E-state index in [4.69, 9.17) is 0 Å². The highest BCUT2D eigenvalue weighted by Gasteiger charge is 2.32. The zero-order chi connectivity index (χ0) is 18.6. The summed E-state index contributed by atoms with van der Waals surface area (Å²) in [6.45, 7) is 4.26. The Labute approximate surface area is 154 Å². The Morgan fingerprint density at radius 1 is 0.846 bits per heavy atom. The molecule has 3 rings (SSSR count). The van der Waals surface area contributed by atoms with E-state index in [0.717, 1.165) is 31.2 Å². The summed E-state index contributed by atoms with van der Waals surface area (Å²) in [4.78, 5) is 12.5. The third kappa shape index (κ3) is 4.59. The van der Waals surface area contributed by atoms with Gasteiger partial charge in [-0.1, -0.05) is 25.0 Å². The quantitative estimate of drug-likeness (QED) is 0.573. The summed E-state index contributed by atoms with van der Waals surface area (Å²) < 4.78 is 28.9. The van der Waals surface area contributed by atoms with Gasteiger partial charge < -0.3 is 0 Å². The van der Waals surface area contributed by atoms with Gasteiger partial charge in [0.05, 0.1) is 4.92 Å². The van der Waals surface area contributed by atoms with E-state index in [2.05, 4.69) is 4.90 Å². The zero-order valence-corrected chi connectivity index (χ0v) is 15.7. The molecule has 0 radical (unpaired) electrons. The Morgan fingerprint density at radius 3 is 1.92 bits per heavy atom. The van der Waals surface area contributed by atoms with Gasteiger partial charge in [0.25, 0.3) is 15.9 Å². The molecule has 0 bridgehead atoms. The van der Waals surface area contributed by atoms with Crippen LogP contribution in [-0.2, 0) is 16.8 Å². The number of hydrogen-bond acceptors (Lipinski definition) is 5. The van der Waals surface area contributed by atoms with Gasteiger partial charge in [-0.25, -0.2) is 0 Å². The molecule has 2 heterocycles. The van der Waals surface area contributed by atoms with Crippen LogP contribution in [0.1, 0.15) is 31.2 Å². The van der Waals surface area contributed by atoms with Crippen LogP contribution in [-0.4, -0.2) is 66.1 Å². The Balaban J connectivity index is 1.54. The van der Waals surface area contributed by atoms with Crippen LogP contribution in [0.2, 0.25) is 0 Å². The number of non-ortho nitro benzene ring substituents is 1. The van der Waals surface area contributed by atoms with E-state index in [1.807, 2.05) is 0 Å². The highest BCUT2D eigenvalue weighted by molar-refractivity contribution is 7.86. The van der Waals surface area contributed by atoms with Crippen LogP contribution in [0.15, 0.2) is 24.3 Å². The molecule has 2 aliphatic rings. The first kappa shape index (κ1) is 19.2. The molecule has 0 saturated carbocycles. The summed E-state index contributed by atoms with van der Waals surface area (Å²) in [5.74, 6) is 0. The summed E-state index contributed by atoms with van der Waals surface area (Å²) in [6.07, 6.45) is 4.10. The van der Waals surface area contributed by atoms with Crippen molar-refractivity contribution in [3.8, 4) is 0 Å². The number of hydrogen-bond donors (Lipinski definition) is 0. The van der Waals surface area contributed by atoms with Gasteiger partial charge >= 0.3 is 0 Å². The van der Waals surface area contributed by atoms with Crippen LogP contribution in [0, 0.1) is 10.1 Å². The second-order valence-corrected chi connectivity index (χ2v) is 8.85. The molecule has 0 spiro atoms. The molecular weight excluding hydrogens is 356 g/mol. The molecule has 0 aromatic heterocycles. The number of piperazine rings is 1. The molecule has 0 atom stereocenters. The molecule has 0 unspecified atom stereocenters. The molecule has 0 aliphatic carbocycles. The molecule has 26 heavy (non-hydrogen) atoms. The highest BCUT2D eigenvalue weighted by Crippen LogP contribution is 2.19. The monoisotopic (exact) mass is 382 g/mol. The van der Waals surface area contributed by atoms with Gasteiger partial charge in [-0.15, -0.1) is 0 Å². The Hall–Kier alpha value is -1.55. The second kappa shape index (κ2) is 8.43. The lowest BCUT2D eigenvalue weighted by Crippen LogP contribution is -2.52. The standard InChI is InChI=1S/C17H26N4O4S/c22-21(23)17-7-5-16(6-8-17)15-18-11-13-20(14-12-18)26(24,25)19-9-3-1-2-4-10-19/h5-8H,1-4,9-15H2. The average molecular weight is 382 g/mol. The summed E-state index contributed by atoms with van der Waals surface area (Å²) >= 11 is 0. The maximum absolute atomic E-state index is 12.8. The topological polar surface area (TPSA) is 87.0 Å². The minimum absolute atomic E-state index is 0.0853. The fourth-order valence-electron chi connectivity index (χ4n) is 3.54. The van der Waals surface area contributed by atoms with E-state index in [0.29, 0.717) is 45.8 Å². The van der Waals surface area contributed by atoms with E-state index in [9.17, 15) is 18.5 Å². The summed E-state index contributed by atoms with van der Waals surface area (Å²) in [5, 5.41) is 10.7. The van der Waals surface area contributed by atoms with Gasteiger partial charge in [0.1, 0.15) is 0 Å². The van der Waals surface area contributed by atoms with Crippen molar-refractivity contribution in [2.75, 3.05) is 39.3 Å². The number of nitro groups is 1. The Kier molecular flexibility index (Phi) is 6.23. The molecule has 144 valence electrons. The van der Waals surface area contributed by atoms with Crippen LogP contribution < -0.4 is 0 Å². The van der Waals surface area contributed by atoms with Crippen LogP contribution in [0.25, 0.3) is 0 Å². The summed E-state index contributed by atoms with van der Waals surface area (Å²) in [7, 11) is -3.35. The molecule has 0 amide bonds. The van der Waals surface area contributed by atoms with E-state index in [1.54, 1.807) is 20.7 Å². The Morgan fingerprint density at radius 2 is 1.38 bits per heavy atom. The predicted octanol–water partition coefficient (Wildman–Crippen LogP) is 1.83. The van der Waals surface area contributed by atoms with Crippen LogP contribution >= 0.6 is 0 Å². The number of benzene rings is 1. The van der Waals surface area contributed by atoms with Crippen molar-refractivity contribution in [2.45, 2.75) is 32.2 Å². The van der Waals surface area contributed by atoms with Crippen molar-refractivity contribution in [3.05, 3.63) is 39.9 Å². The summed E-state index contributed by atoms with van der Waals surface area (Å²) in [5.41, 5.74) is 1.08. The van der Waals surface area contributed by atoms with Crippen molar-refractivity contribution in [1.82, 2.24) is 13.5 Å². The van der Waals surface area contributed by atoms with Gasteiger partial charge in [0.2, 0.25) is 0 Å². The molecule has 8 nitrogen and oxygen atoms in total. The maximum atomic E-state index is 12.8. The SMILES string of the molecule is O=[N+]([O-])c1ccc(CN2CCN(S(=O)(=O)N3CCCCCC3)CC2)cc1. The van der Waals surface area contributed by atoms with E-state index < -0.39 is 15.1 Å². The summed E-state index contributed by atoms with van der Waals surface area (Å²) in [6, 6.07) is 6.54. The molecule has 2 aliphatic heterocycles. The third-order valence-corrected chi connectivity index (χ3v) is 7.14. The van der Waals surface area contributed by atoms with Crippen molar-refractivity contribution in [2.24, 2.45) is 0 Å². The van der Waals surface area contributed by atoms with E-state index in [-0.39, 0.29) is 5.69 Å². The molecule has 2 saturated heterocycles. The maximum Gasteiger partial charge on any atom is 0.282 e. The van der Waals surface area contributed by atoms with Crippen molar-refractivity contribution in [1.29, 1.82) is 0 Å². The van der Waals surface area contributed by atoms with Crippen LogP contribution in [0.4, 0.5) is 5.69 Å². The Bertz CT molecular complexity index is 707. The van der Waals surface area contributed by atoms with Gasteiger partial charge in [-0.05, 0) is 18.4 Å². The highest BCUT2D eigenvalue weighted by atomic mass is 32.2. The fraction of sp³-hybridized carbons (Fsp3) is 0.647. The smallest absolute Gasteiger partial charge is 0.282 e. The first-order chi connectivity index (χ1) is 12.5. The van der Waals surface area contributed by atoms with Gasteiger partial charge in [0.15, 0.2) is 0 Å². The third-order valence-electron chi connectivity index (χ3n) is 5.10. The fourth-order valence-corrected chi connectivity index (χ4v) is 5.21. The number of rotatable bonds is 5. The molecule has 1 aromatic carbocycles. The lowest BCUT2D eigenvalue weighted by molar-refractivity contribution is -0.384. The molecule has 9 heteroatoms. The normalized spacial score (nSPS) is 21.4. The average Bonchev–Trinajstić information content (AvgIpc) is 2.93. The van der Waals surface area contributed by atoms with Crippen LogP contribution in [0.3, 0.4) is 0 Å². The van der Waals surface area contributed by atoms with Crippen molar-refractivity contribution in [3.63, 3.8) is 0 Å². The van der Waals surface area contributed by atoms with Crippen molar-refractivity contribution >= 4 is 15.9 Å². The number of nitro benzene ring substituents is 1. The molecule has 1 aromatic rings. The molecule has 2 fully saturated rings. The minimum atomic E-state index is -3.35. The zero-order valence-electron chi connectivity index (χ0n) is 14.9. The lowest BCUT2D eigenvalue weighted by Gasteiger charge is -2.36.